The van der Waals surface area contributed by atoms with Gasteiger partial charge in [0.05, 0.1) is 5.34 Å². The Bertz CT molecular complexity index is 2510. The number of anilines is 3. The molecular weight excluding hydrogens is 986 g/mol. The molecule has 0 saturated carbocycles. The van der Waals surface area contributed by atoms with E-state index in [1.807, 2.05) is 131 Å². The molecule has 0 fully saturated rings. The molecule has 9 nitrogen and oxygen atoms in total. The molecule has 1 aliphatic heterocycles. The van der Waals surface area contributed by atoms with E-state index in [1.54, 1.807) is 44.2 Å². The molecule has 7 N–H and O–H groups in total. The molecule has 0 bridgehead atoms. The Morgan fingerprint density at radius 3 is 1.69 bits per heavy atom. The summed E-state index contributed by atoms with van der Waals surface area (Å²) in [7, 11) is 0. The SMILES string of the molecule is CCN=C1Nc2ccc(Cl)cc2[C@](C)(c2ccccc2)O1.CCN=S.CCNC(=S)Nc1ccc(Cl)cc1[C@@](C)(O)c1ccccc1.C[C@](O)(c1ccccc1)c1cc(Cl)ccc1N.ClCCl. The minimum absolute atomic E-state index is 0.194. The minimum Gasteiger partial charge on any atom is -0.449 e. The number of hydrogen-bond acceptors (Lipinski definition) is 8. The second-order valence-corrected chi connectivity index (χ2v) is 17.7. The molecule has 0 aromatic heterocycles. The molecule has 356 valence electrons. The van der Waals surface area contributed by atoms with E-state index in [4.69, 9.17) is 80.7 Å². The number of ether oxygens (including phenoxy) is 1. The summed E-state index contributed by atoms with van der Waals surface area (Å²) in [4.78, 5) is 4.38. The molecule has 7 rings (SSSR count). The molecule has 0 saturated heterocycles. The van der Waals surface area contributed by atoms with Gasteiger partial charge in [-0.2, -0.15) is 0 Å². The van der Waals surface area contributed by atoms with Gasteiger partial charge >= 0.3 is 0 Å². The Morgan fingerprint density at radius 1 is 0.716 bits per heavy atom. The van der Waals surface area contributed by atoms with E-state index in [9.17, 15) is 10.2 Å². The average molecular weight is 1040 g/mol. The van der Waals surface area contributed by atoms with E-state index in [2.05, 4.69) is 49.9 Å². The Hall–Kier alpha value is -4.53. The predicted molar refractivity (Wildman–Crippen MR) is 291 cm³/mol. The molecule has 0 aliphatic carbocycles. The van der Waals surface area contributed by atoms with Crippen molar-refractivity contribution in [2.45, 2.75) is 58.3 Å². The maximum absolute atomic E-state index is 11.0. The Balaban J connectivity index is 0.000000250. The Labute approximate surface area is 431 Å². The van der Waals surface area contributed by atoms with Crippen LogP contribution >= 0.6 is 70.2 Å². The number of hydrogen-bond donors (Lipinski definition) is 6. The summed E-state index contributed by atoms with van der Waals surface area (Å²) >= 11 is 37.2. The standard InChI is InChI=1S/C17H19ClN2OS.C17H17ClN2O.C14H14ClNO.C2H5NS.CH2Cl2/c1-3-19-16(22)20-15-10-9-13(18)11-14(15)17(2,21)12-7-5-4-6-8-12;1-3-19-16-20-15-10-9-13(18)11-14(15)17(2,21-16)12-7-5-4-6-8-12;1-14(17,10-5-3-2-4-6-10)12-9-11(15)7-8-13(12)16;1-2-3-4;2-1-3/h4-11,21H,3H2,1-2H3,(H2,19,20,22);4-11H,3H2,1-2H3,(H,19,20);2-9,17H,16H2,1H3;2H2,1H3;1H2/t2*17-;14-;;/m000../s1. The summed E-state index contributed by atoms with van der Waals surface area (Å²) in [5.41, 5.74) is 10.1. The van der Waals surface area contributed by atoms with Crippen LogP contribution in [-0.4, -0.2) is 46.3 Å². The first-order chi connectivity index (χ1) is 31.9. The lowest BCUT2D eigenvalue weighted by atomic mass is 9.86. The Kier molecular flexibility index (Phi) is 23.8. The Morgan fingerprint density at radius 2 is 1.18 bits per heavy atom. The second kappa shape index (κ2) is 28.1. The fourth-order valence-corrected chi connectivity index (χ4v) is 7.51. The van der Waals surface area contributed by atoms with Crippen molar-refractivity contribution in [1.82, 2.24) is 5.32 Å². The van der Waals surface area contributed by atoms with Gasteiger partial charge in [-0.25, -0.2) is 9.36 Å². The minimum atomic E-state index is -1.18. The monoisotopic (exact) mass is 1040 g/mol. The number of rotatable bonds is 9. The van der Waals surface area contributed by atoms with E-state index >= 15 is 0 Å². The number of aliphatic imine (C=N–C) groups is 1. The quantitative estimate of drug-likeness (QED) is 0.0475. The molecule has 0 unspecified atom stereocenters. The molecular formula is C51H57Cl5N6O3S2. The zero-order valence-electron chi connectivity index (χ0n) is 38.2. The number of alkyl halides is 2. The van der Waals surface area contributed by atoms with Crippen molar-refractivity contribution in [1.29, 1.82) is 0 Å². The van der Waals surface area contributed by atoms with Gasteiger partial charge in [0.25, 0.3) is 6.02 Å². The van der Waals surface area contributed by atoms with E-state index in [1.165, 1.54) is 0 Å². The largest absolute Gasteiger partial charge is 0.449 e. The maximum atomic E-state index is 11.0. The fraction of sp³-hybridized carbons (Fsp3) is 0.255. The van der Waals surface area contributed by atoms with Crippen LogP contribution in [0.15, 0.2) is 155 Å². The molecule has 67 heavy (non-hydrogen) atoms. The van der Waals surface area contributed by atoms with Gasteiger partial charge in [-0.05, 0) is 125 Å². The summed E-state index contributed by atoms with van der Waals surface area (Å²) in [6, 6.07) is 45.7. The van der Waals surface area contributed by atoms with Crippen LogP contribution < -0.4 is 21.7 Å². The number of thiocarbonyl (C=S) groups is 1. The van der Waals surface area contributed by atoms with E-state index < -0.39 is 16.8 Å². The van der Waals surface area contributed by atoms with E-state index in [0.29, 0.717) is 49.6 Å². The zero-order chi connectivity index (χ0) is 49.6. The number of amidine groups is 1. The fourth-order valence-electron chi connectivity index (χ4n) is 6.74. The number of nitrogens with one attached hydrogen (secondary N) is 3. The van der Waals surface area contributed by atoms with Gasteiger partial charge in [0, 0.05) is 80.9 Å². The van der Waals surface area contributed by atoms with Crippen molar-refractivity contribution in [3.63, 3.8) is 0 Å². The van der Waals surface area contributed by atoms with Gasteiger partial charge in [-0.15, -0.1) is 23.2 Å². The van der Waals surface area contributed by atoms with E-state index in [-0.39, 0.29) is 5.34 Å². The average Bonchev–Trinajstić information content (AvgIpc) is 3.32. The lowest BCUT2D eigenvalue weighted by molar-refractivity contribution is 0.103. The van der Waals surface area contributed by atoms with Crippen molar-refractivity contribution in [3.8, 4) is 0 Å². The van der Waals surface area contributed by atoms with Gasteiger partial charge in [0.15, 0.2) is 10.7 Å². The predicted octanol–water partition coefficient (Wildman–Crippen LogP) is 13.7. The lowest BCUT2D eigenvalue weighted by Gasteiger charge is -2.38. The highest BCUT2D eigenvalue weighted by atomic mass is 35.5. The molecule has 6 aromatic carbocycles. The summed E-state index contributed by atoms with van der Waals surface area (Å²) in [5, 5.41) is 33.6. The van der Waals surface area contributed by atoms with Gasteiger partial charge in [-0.1, -0.05) is 126 Å². The number of halogens is 5. The summed E-state index contributed by atoms with van der Waals surface area (Å²) in [6.07, 6.45) is 0. The first kappa shape index (κ1) is 56.8. The molecule has 1 heterocycles. The molecule has 16 heteroatoms. The molecule has 1 aliphatic rings. The van der Waals surface area contributed by atoms with Crippen molar-refractivity contribution in [2.75, 3.05) is 41.3 Å². The number of aliphatic hydroxyl groups is 2. The lowest BCUT2D eigenvalue weighted by Crippen LogP contribution is -2.39. The normalized spacial score (nSPS) is 15.6. The number of nitrogens with two attached hydrogens (primary N) is 1. The van der Waals surface area contributed by atoms with Crippen LogP contribution in [0, 0.1) is 0 Å². The highest BCUT2D eigenvalue weighted by Gasteiger charge is 2.38. The second-order valence-electron chi connectivity index (χ2n) is 14.9. The molecule has 6 aromatic rings. The summed E-state index contributed by atoms with van der Waals surface area (Å²) in [5.74, 6) is 0. The highest BCUT2D eigenvalue weighted by molar-refractivity contribution is 7.80. The van der Waals surface area contributed by atoms with Crippen molar-refractivity contribution < 1.29 is 14.9 Å². The van der Waals surface area contributed by atoms with Crippen LogP contribution in [0.5, 0.6) is 0 Å². The van der Waals surface area contributed by atoms with Crippen LogP contribution in [0.3, 0.4) is 0 Å². The first-order valence-electron chi connectivity index (χ1n) is 21.2. The van der Waals surface area contributed by atoms with Gasteiger partial charge in [-0.3, -0.25) is 0 Å². The summed E-state index contributed by atoms with van der Waals surface area (Å²) < 4.78 is 9.48. The molecule has 0 radical (unpaired) electrons. The smallest absolute Gasteiger partial charge is 0.290 e. The van der Waals surface area contributed by atoms with Crippen LogP contribution in [0.25, 0.3) is 0 Å². The maximum Gasteiger partial charge on any atom is 0.290 e. The molecule has 0 amide bonds. The zero-order valence-corrected chi connectivity index (χ0v) is 43.6. The van der Waals surface area contributed by atoms with Crippen LogP contribution in [0.1, 0.15) is 74.9 Å². The van der Waals surface area contributed by atoms with Crippen molar-refractivity contribution in [3.05, 3.63) is 194 Å². The first-order valence-corrected chi connectivity index (χ1v) is 24.1. The topological polar surface area (TPSA) is 137 Å². The highest BCUT2D eigenvalue weighted by Crippen LogP contribution is 2.42. The van der Waals surface area contributed by atoms with E-state index in [0.717, 1.165) is 46.7 Å². The third-order valence-corrected chi connectivity index (χ3v) is 11.3. The third kappa shape index (κ3) is 16.6. The van der Waals surface area contributed by atoms with Crippen molar-refractivity contribution in [2.24, 2.45) is 9.36 Å². The number of nitrogen functional groups attached to an aromatic ring is 1. The van der Waals surface area contributed by atoms with Gasteiger partial charge in [0.1, 0.15) is 11.2 Å². The van der Waals surface area contributed by atoms with Crippen LogP contribution in [-0.2, 0) is 34.0 Å². The van der Waals surface area contributed by atoms with Gasteiger partial charge < -0.3 is 36.6 Å². The van der Waals surface area contributed by atoms with Crippen LogP contribution in [0.2, 0.25) is 15.1 Å². The van der Waals surface area contributed by atoms with Crippen molar-refractivity contribution >= 4 is 111 Å². The summed E-state index contributed by atoms with van der Waals surface area (Å²) in [6.45, 7) is 13.5. The molecule has 0 spiro atoms. The third-order valence-electron chi connectivity index (χ3n) is 10.1. The van der Waals surface area contributed by atoms with Crippen LogP contribution in [0.4, 0.5) is 17.1 Å². The van der Waals surface area contributed by atoms with Gasteiger partial charge in [0.2, 0.25) is 0 Å². The number of nitrogens with zero attached hydrogens (tertiary/aromatic N) is 2. The molecule has 3 atom stereocenters. The number of benzene rings is 6. The number of fused-ring (bicyclic) bond motifs is 1.